The zero-order valence-corrected chi connectivity index (χ0v) is 13.8. The Bertz CT molecular complexity index is 859. The van der Waals surface area contributed by atoms with E-state index in [9.17, 15) is 5.11 Å². The molecule has 1 aromatic heterocycles. The van der Waals surface area contributed by atoms with Crippen LogP contribution in [0.1, 0.15) is 29.5 Å². The van der Waals surface area contributed by atoms with Gasteiger partial charge in [0.15, 0.2) is 0 Å². The Kier molecular flexibility index (Phi) is 3.96. The first-order valence-corrected chi connectivity index (χ1v) is 9.10. The van der Waals surface area contributed by atoms with Crippen molar-refractivity contribution < 1.29 is 5.11 Å². The van der Waals surface area contributed by atoms with E-state index >= 15 is 0 Å². The van der Waals surface area contributed by atoms with Gasteiger partial charge in [0.25, 0.3) is 0 Å². The molecule has 0 bridgehead atoms. The number of rotatable bonds is 3. The zero-order valence-electron chi connectivity index (χ0n) is 13.0. The topological polar surface area (TPSA) is 33.1 Å². The fraction of sp³-hybridized carbons (Fsp3) is 0.250. The first-order valence-electron chi connectivity index (χ1n) is 8.12. The normalized spacial score (nSPS) is 13.9. The lowest BCUT2D eigenvalue weighted by Gasteiger charge is -2.18. The molecular formula is C20H19NOS. The van der Waals surface area contributed by atoms with E-state index in [4.69, 9.17) is 0 Å². The Morgan fingerprint density at radius 3 is 2.70 bits per heavy atom. The smallest absolute Gasteiger partial charge is 0.212 e. The van der Waals surface area contributed by atoms with Crippen LogP contribution in [-0.4, -0.2) is 10.1 Å². The molecule has 1 heterocycles. The maximum absolute atomic E-state index is 9.88. The van der Waals surface area contributed by atoms with Crippen LogP contribution in [0, 0.1) is 0 Å². The highest BCUT2D eigenvalue weighted by Crippen LogP contribution is 2.33. The van der Waals surface area contributed by atoms with E-state index in [0.717, 1.165) is 23.6 Å². The highest BCUT2D eigenvalue weighted by molar-refractivity contribution is 7.98. The third-order valence-electron chi connectivity index (χ3n) is 4.48. The van der Waals surface area contributed by atoms with Gasteiger partial charge in [0.1, 0.15) is 5.03 Å². The number of aromatic nitrogens is 1. The molecule has 3 aromatic rings. The predicted octanol–water partition coefficient (Wildman–Crippen LogP) is 5.11. The van der Waals surface area contributed by atoms with Gasteiger partial charge in [-0.3, -0.25) is 0 Å². The minimum absolute atomic E-state index is 0.159. The lowest BCUT2D eigenvalue weighted by Crippen LogP contribution is -2.05. The molecule has 0 aliphatic heterocycles. The van der Waals surface area contributed by atoms with Crippen LogP contribution in [0.2, 0.25) is 0 Å². The van der Waals surface area contributed by atoms with Crippen molar-refractivity contribution in [2.75, 3.05) is 0 Å². The van der Waals surface area contributed by atoms with Gasteiger partial charge < -0.3 is 5.11 Å². The molecule has 23 heavy (non-hydrogen) atoms. The van der Waals surface area contributed by atoms with Crippen LogP contribution >= 0.6 is 11.8 Å². The van der Waals surface area contributed by atoms with Gasteiger partial charge in [-0.1, -0.05) is 42.5 Å². The van der Waals surface area contributed by atoms with E-state index in [1.807, 2.05) is 6.07 Å². The van der Waals surface area contributed by atoms with E-state index in [0.29, 0.717) is 0 Å². The largest absolute Gasteiger partial charge is 0.493 e. The molecule has 2 nitrogen and oxygen atoms in total. The van der Waals surface area contributed by atoms with Crippen molar-refractivity contribution in [3.8, 4) is 5.88 Å². The molecule has 3 heteroatoms. The molecule has 0 radical (unpaired) electrons. The van der Waals surface area contributed by atoms with Crippen LogP contribution in [0.4, 0.5) is 0 Å². The van der Waals surface area contributed by atoms with Gasteiger partial charge in [-0.25, -0.2) is 4.98 Å². The molecule has 1 aliphatic rings. The Labute approximate surface area is 140 Å². The van der Waals surface area contributed by atoms with Gasteiger partial charge in [0.05, 0.1) is 0 Å². The summed E-state index contributed by atoms with van der Waals surface area (Å²) in [6, 6.07) is 16.9. The van der Waals surface area contributed by atoms with Crippen molar-refractivity contribution in [2.45, 2.75) is 36.5 Å². The van der Waals surface area contributed by atoms with Crippen molar-refractivity contribution >= 4 is 22.5 Å². The molecule has 0 saturated carbocycles. The van der Waals surface area contributed by atoms with Crippen LogP contribution < -0.4 is 0 Å². The number of pyridine rings is 1. The van der Waals surface area contributed by atoms with Gasteiger partial charge in [-0.15, -0.1) is 11.8 Å². The average molecular weight is 321 g/mol. The maximum atomic E-state index is 9.88. The number of aryl methyl sites for hydroxylation is 1. The van der Waals surface area contributed by atoms with Crippen LogP contribution in [0.25, 0.3) is 10.8 Å². The summed E-state index contributed by atoms with van der Waals surface area (Å²) in [5.41, 5.74) is 3.92. The maximum Gasteiger partial charge on any atom is 0.212 e. The Morgan fingerprint density at radius 1 is 0.957 bits per heavy atom. The van der Waals surface area contributed by atoms with E-state index in [1.54, 1.807) is 11.8 Å². The van der Waals surface area contributed by atoms with Gasteiger partial charge >= 0.3 is 0 Å². The van der Waals surface area contributed by atoms with E-state index < -0.39 is 0 Å². The molecule has 0 unspecified atom stereocenters. The van der Waals surface area contributed by atoms with Crippen LogP contribution in [0.5, 0.6) is 5.88 Å². The summed E-state index contributed by atoms with van der Waals surface area (Å²) in [6.07, 6.45) is 4.59. The predicted molar refractivity (Wildman–Crippen MR) is 96.1 cm³/mol. The molecular weight excluding hydrogens is 302 g/mol. The van der Waals surface area contributed by atoms with Crippen LogP contribution in [-0.2, 0) is 18.6 Å². The van der Waals surface area contributed by atoms with E-state index in [-0.39, 0.29) is 5.88 Å². The highest BCUT2D eigenvalue weighted by Gasteiger charge is 2.16. The lowest BCUT2D eigenvalue weighted by molar-refractivity contribution is 0.445. The quantitative estimate of drug-likeness (QED) is 0.680. The highest BCUT2D eigenvalue weighted by atomic mass is 32.2. The minimum atomic E-state index is 0.159. The number of aromatic hydroxyl groups is 1. The van der Waals surface area contributed by atoms with Crippen LogP contribution in [0.15, 0.2) is 53.6 Å². The number of benzene rings is 2. The summed E-state index contributed by atoms with van der Waals surface area (Å²) in [4.78, 5) is 4.38. The molecule has 1 N–H and O–H groups in total. The summed E-state index contributed by atoms with van der Waals surface area (Å²) in [5, 5.41) is 13.4. The minimum Gasteiger partial charge on any atom is -0.493 e. The summed E-state index contributed by atoms with van der Waals surface area (Å²) in [5.74, 6) is 1.04. The standard InChI is InChI=1S/C20H19NOS/c22-19-12-17-7-3-4-8-18(17)20(21-19)23-13-14-9-10-15-5-1-2-6-16(15)11-14/h1-2,5-6,9-12H,3-4,7-8,13H2,(H,21,22). The monoisotopic (exact) mass is 321 g/mol. The van der Waals surface area contributed by atoms with Crippen molar-refractivity contribution in [3.63, 3.8) is 0 Å². The molecule has 0 amide bonds. The lowest BCUT2D eigenvalue weighted by atomic mass is 9.93. The van der Waals surface area contributed by atoms with E-state index in [1.165, 1.54) is 40.3 Å². The van der Waals surface area contributed by atoms with E-state index in [2.05, 4.69) is 47.4 Å². The number of nitrogens with zero attached hydrogens (tertiary/aromatic N) is 1. The third-order valence-corrected chi connectivity index (χ3v) is 5.57. The molecule has 1 aliphatic carbocycles. The first kappa shape index (κ1) is 14.6. The summed E-state index contributed by atoms with van der Waals surface area (Å²) >= 11 is 1.74. The second-order valence-corrected chi connectivity index (χ2v) is 7.06. The Hall–Kier alpha value is -2.00. The molecule has 2 aromatic carbocycles. The molecule has 4 rings (SSSR count). The number of hydrogen-bond donors (Lipinski definition) is 1. The summed E-state index contributed by atoms with van der Waals surface area (Å²) in [7, 11) is 0. The SMILES string of the molecule is Oc1cc2c(c(SCc3ccc4ccccc4c3)n1)CCCC2. The van der Waals surface area contributed by atoms with Crippen molar-refractivity contribution in [1.82, 2.24) is 4.98 Å². The molecule has 0 spiro atoms. The summed E-state index contributed by atoms with van der Waals surface area (Å²) < 4.78 is 0. The molecule has 116 valence electrons. The summed E-state index contributed by atoms with van der Waals surface area (Å²) in [6.45, 7) is 0. The number of thioether (sulfide) groups is 1. The molecule has 0 saturated heterocycles. The fourth-order valence-electron chi connectivity index (χ4n) is 3.29. The van der Waals surface area contributed by atoms with Crippen LogP contribution in [0.3, 0.4) is 0 Å². The third kappa shape index (κ3) is 3.06. The van der Waals surface area contributed by atoms with Gasteiger partial charge in [0.2, 0.25) is 5.88 Å². The van der Waals surface area contributed by atoms with Gasteiger partial charge in [0, 0.05) is 11.8 Å². The van der Waals surface area contributed by atoms with Gasteiger partial charge in [-0.2, -0.15) is 0 Å². The average Bonchev–Trinajstić information content (AvgIpc) is 2.59. The Morgan fingerprint density at radius 2 is 1.78 bits per heavy atom. The second kappa shape index (κ2) is 6.25. The number of hydrogen-bond acceptors (Lipinski definition) is 3. The Balaban J connectivity index is 1.59. The number of fused-ring (bicyclic) bond motifs is 2. The van der Waals surface area contributed by atoms with Gasteiger partial charge in [-0.05, 0) is 53.1 Å². The molecule has 0 atom stereocenters. The van der Waals surface area contributed by atoms with Crippen molar-refractivity contribution in [3.05, 3.63) is 65.2 Å². The molecule has 0 fully saturated rings. The van der Waals surface area contributed by atoms with Crippen molar-refractivity contribution in [2.24, 2.45) is 0 Å². The second-order valence-electron chi connectivity index (χ2n) is 6.10. The van der Waals surface area contributed by atoms with Crippen molar-refractivity contribution in [1.29, 1.82) is 0 Å². The zero-order chi connectivity index (χ0) is 15.6. The fourth-order valence-corrected chi connectivity index (χ4v) is 4.34. The first-order chi connectivity index (χ1) is 11.3.